The summed E-state index contributed by atoms with van der Waals surface area (Å²) in [7, 11) is 0. The van der Waals surface area contributed by atoms with Gasteiger partial charge in [-0.15, -0.1) is 5.73 Å². The summed E-state index contributed by atoms with van der Waals surface area (Å²) in [6, 6.07) is 27.9. The lowest BCUT2D eigenvalue weighted by atomic mass is 10.0. The molecule has 0 radical (unpaired) electrons. The number of hydrogen-bond donors (Lipinski definition) is 1. The van der Waals surface area contributed by atoms with Crippen LogP contribution >= 0.6 is 0 Å². The first-order valence-electron chi connectivity index (χ1n) is 8.96. The molecule has 0 saturated heterocycles. The molecule has 1 nitrogen and oxygen atoms in total. The van der Waals surface area contributed by atoms with E-state index in [0.717, 1.165) is 18.7 Å². The minimum atomic E-state index is 0.851. The monoisotopic (exact) mass is 335 g/mol. The van der Waals surface area contributed by atoms with Crippen LogP contribution in [0.1, 0.15) is 16.7 Å². The molecule has 0 heterocycles. The third-order valence-corrected chi connectivity index (χ3v) is 4.53. The van der Waals surface area contributed by atoms with Crippen LogP contribution < -0.4 is 5.32 Å². The van der Waals surface area contributed by atoms with Crippen LogP contribution in [-0.2, 0) is 13.1 Å². The van der Waals surface area contributed by atoms with Crippen molar-refractivity contribution in [2.24, 2.45) is 0 Å². The fourth-order valence-corrected chi connectivity index (χ4v) is 3.20. The Labute approximate surface area is 155 Å². The highest BCUT2D eigenvalue weighted by Crippen LogP contribution is 2.21. The molecule has 126 valence electrons. The Bertz CT molecular complexity index is 989. The van der Waals surface area contributed by atoms with Crippen molar-refractivity contribution in [2.45, 2.75) is 13.1 Å². The zero-order chi connectivity index (χ0) is 17.6. The zero-order valence-corrected chi connectivity index (χ0v) is 14.7. The third-order valence-electron chi connectivity index (χ3n) is 4.53. The van der Waals surface area contributed by atoms with Gasteiger partial charge < -0.3 is 5.32 Å². The Morgan fingerprint density at radius 3 is 2.00 bits per heavy atom. The fourth-order valence-electron chi connectivity index (χ4n) is 3.20. The van der Waals surface area contributed by atoms with Gasteiger partial charge in [-0.25, -0.2) is 0 Å². The Balaban J connectivity index is 1.40. The highest BCUT2D eigenvalue weighted by Gasteiger charge is 2.02. The van der Waals surface area contributed by atoms with Crippen LogP contribution in [0.3, 0.4) is 0 Å². The first-order chi connectivity index (χ1) is 12.9. The van der Waals surface area contributed by atoms with Crippen LogP contribution in [-0.4, -0.2) is 0 Å². The molecular weight excluding hydrogens is 314 g/mol. The van der Waals surface area contributed by atoms with Gasteiger partial charge in [0.25, 0.3) is 0 Å². The van der Waals surface area contributed by atoms with Crippen LogP contribution in [0, 0.1) is 0 Å². The van der Waals surface area contributed by atoms with Gasteiger partial charge in [-0.3, -0.25) is 0 Å². The van der Waals surface area contributed by atoms with E-state index in [1.807, 2.05) is 12.2 Å². The van der Waals surface area contributed by atoms with Crippen LogP contribution in [0.25, 0.3) is 16.7 Å². The molecule has 1 aliphatic rings. The van der Waals surface area contributed by atoms with E-state index in [4.69, 9.17) is 0 Å². The van der Waals surface area contributed by atoms with E-state index in [2.05, 4.69) is 96.0 Å². The van der Waals surface area contributed by atoms with Crippen molar-refractivity contribution >= 4 is 5.57 Å². The van der Waals surface area contributed by atoms with E-state index in [9.17, 15) is 0 Å². The van der Waals surface area contributed by atoms with Crippen molar-refractivity contribution in [3.8, 4) is 11.1 Å². The van der Waals surface area contributed by atoms with Crippen molar-refractivity contribution in [1.29, 1.82) is 0 Å². The quantitative estimate of drug-likeness (QED) is 0.565. The molecule has 0 bridgehead atoms. The second-order valence-electron chi connectivity index (χ2n) is 6.45. The van der Waals surface area contributed by atoms with E-state index in [-0.39, 0.29) is 0 Å². The SMILES string of the molecule is C1=CC=CC=1c1cccc(CNCc2cccc(-c3ccccc3)c2)c1. The molecule has 1 N–H and O–H groups in total. The summed E-state index contributed by atoms with van der Waals surface area (Å²) in [4.78, 5) is 0. The molecule has 0 unspecified atom stereocenters. The molecule has 1 heteroatoms. The molecule has 0 amide bonds. The van der Waals surface area contributed by atoms with Crippen molar-refractivity contribution in [3.63, 3.8) is 0 Å². The highest BCUT2D eigenvalue weighted by molar-refractivity contribution is 5.76. The lowest BCUT2D eigenvalue weighted by Gasteiger charge is -2.09. The predicted molar refractivity (Wildman–Crippen MR) is 109 cm³/mol. The van der Waals surface area contributed by atoms with Crippen LogP contribution in [0.2, 0.25) is 0 Å². The summed E-state index contributed by atoms with van der Waals surface area (Å²) < 4.78 is 0. The van der Waals surface area contributed by atoms with Crippen LogP contribution in [0.15, 0.2) is 103 Å². The number of benzene rings is 3. The molecular formula is C25H21N. The van der Waals surface area contributed by atoms with Gasteiger partial charge in [-0.1, -0.05) is 72.8 Å². The first-order valence-corrected chi connectivity index (χ1v) is 8.96. The van der Waals surface area contributed by atoms with Crippen molar-refractivity contribution in [1.82, 2.24) is 5.32 Å². The maximum absolute atomic E-state index is 3.56. The molecule has 1 aliphatic carbocycles. The van der Waals surface area contributed by atoms with Crippen molar-refractivity contribution < 1.29 is 0 Å². The molecule has 0 atom stereocenters. The number of allylic oxidation sites excluding steroid dienone is 3. The van der Waals surface area contributed by atoms with Crippen LogP contribution in [0.4, 0.5) is 0 Å². The maximum atomic E-state index is 3.56. The average Bonchev–Trinajstić information content (AvgIpc) is 3.24. The Hall–Kier alpha value is -3.12. The van der Waals surface area contributed by atoms with E-state index in [1.54, 1.807) is 0 Å². The maximum Gasteiger partial charge on any atom is 0.0237 e. The third kappa shape index (κ3) is 3.92. The largest absolute Gasteiger partial charge is 0.309 e. The molecule has 26 heavy (non-hydrogen) atoms. The van der Waals surface area contributed by atoms with Gasteiger partial charge in [0.15, 0.2) is 0 Å². The molecule has 3 aromatic rings. The lowest BCUT2D eigenvalue weighted by Crippen LogP contribution is -2.12. The van der Waals surface area contributed by atoms with Gasteiger partial charge in [0, 0.05) is 18.7 Å². The average molecular weight is 335 g/mol. The fraction of sp³-hybridized carbons (Fsp3) is 0.0800. The van der Waals surface area contributed by atoms with Crippen LogP contribution in [0.5, 0.6) is 0 Å². The molecule has 0 fully saturated rings. The van der Waals surface area contributed by atoms with Gasteiger partial charge in [0.2, 0.25) is 0 Å². The van der Waals surface area contributed by atoms with Gasteiger partial charge in [0.1, 0.15) is 0 Å². The minimum Gasteiger partial charge on any atom is -0.309 e. The predicted octanol–water partition coefficient (Wildman–Crippen LogP) is 5.75. The summed E-state index contributed by atoms with van der Waals surface area (Å²) in [5, 5.41) is 3.56. The molecule has 0 spiro atoms. The summed E-state index contributed by atoms with van der Waals surface area (Å²) >= 11 is 0. The van der Waals surface area contributed by atoms with E-state index < -0.39 is 0 Å². The normalized spacial score (nSPS) is 12.4. The van der Waals surface area contributed by atoms with E-state index in [1.165, 1.54) is 27.8 Å². The molecule has 0 saturated carbocycles. The summed E-state index contributed by atoms with van der Waals surface area (Å²) in [6.45, 7) is 1.71. The standard InChI is InChI=1S/C25H21N/c1-2-10-22(11-3-1)24-14-6-8-20(16-24)18-26-19-21-9-7-15-25(17-21)23-12-4-5-13-23/h1-12,14-17,26H,18-19H2. The second-order valence-corrected chi connectivity index (χ2v) is 6.45. The number of rotatable bonds is 6. The number of nitrogens with one attached hydrogen (secondary N) is 1. The summed E-state index contributed by atoms with van der Waals surface area (Å²) in [5.41, 5.74) is 10.7. The van der Waals surface area contributed by atoms with Gasteiger partial charge in [0.05, 0.1) is 0 Å². The number of hydrogen-bond acceptors (Lipinski definition) is 1. The highest BCUT2D eigenvalue weighted by atomic mass is 14.8. The van der Waals surface area contributed by atoms with Crippen molar-refractivity contribution in [3.05, 3.63) is 120 Å². The Morgan fingerprint density at radius 1 is 0.654 bits per heavy atom. The first kappa shape index (κ1) is 16.4. The Kier molecular flexibility index (Phi) is 4.93. The lowest BCUT2D eigenvalue weighted by molar-refractivity contribution is 0.693. The smallest absolute Gasteiger partial charge is 0.0237 e. The minimum absolute atomic E-state index is 0.851. The second kappa shape index (κ2) is 7.84. The van der Waals surface area contributed by atoms with E-state index in [0.29, 0.717) is 0 Å². The van der Waals surface area contributed by atoms with Gasteiger partial charge in [-0.2, -0.15) is 0 Å². The van der Waals surface area contributed by atoms with E-state index >= 15 is 0 Å². The topological polar surface area (TPSA) is 12.0 Å². The van der Waals surface area contributed by atoms with Gasteiger partial charge in [-0.05, 0) is 52.1 Å². The van der Waals surface area contributed by atoms with Crippen molar-refractivity contribution in [2.75, 3.05) is 0 Å². The Morgan fingerprint density at radius 2 is 1.31 bits per heavy atom. The molecule has 4 rings (SSSR count). The van der Waals surface area contributed by atoms with Gasteiger partial charge >= 0.3 is 0 Å². The summed E-state index contributed by atoms with van der Waals surface area (Å²) in [5.74, 6) is 0. The summed E-state index contributed by atoms with van der Waals surface area (Å²) in [6.07, 6.45) is 6.08. The molecule has 3 aromatic carbocycles. The molecule has 0 aromatic heterocycles. The zero-order valence-electron chi connectivity index (χ0n) is 14.7. The molecule has 0 aliphatic heterocycles.